The highest BCUT2D eigenvalue weighted by atomic mass is 32.1. The van der Waals surface area contributed by atoms with Crippen LogP contribution in [0, 0.1) is 0 Å². The molecule has 1 nitrogen and oxygen atoms in total. The smallest absolute Gasteiger partial charge is 0.183 e. The monoisotopic (exact) mass is 208 g/mol. The van der Waals surface area contributed by atoms with Crippen LogP contribution in [0.4, 0.5) is 0 Å². The Morgan fingerprint density at radius 2 is 1.55 bits per heavy atom. The van der Waals surface area contributed by atoms with Gasteiger partial charge in [0.1, 0.15) is 0 Å². The van der Waals surface area contributed by atoms with Crippen LogP contribution in [0.2, 0.25) is 32.2 Å². The van der Waals surface area contributed by atoms with Gasteiger partial charge >= 0.3 is 0 Å². The SMILES string of the molecule is CC[Si](C)(C)O[Si](C)(C)CS. The minimum absolute atomic E-state index is 0.934. The number of rotatable bonds is 4. The van der Waals surface area contributed by atoms with Crippen LogP contribution in [0.1, 0.15) is 6.92 Å². The maximum Gasteiger partial charge on any atom is 0.183 e. The largest absolute Gasteiger partial charge is 0.455 e. The topological polar surface area (TPSA) is 9.23 Å². The van der Waals surface area contributed by atoms with Crippen molar-refractivity contribution >= 4 is 29.3 Å². The third kappa shape index (κ3) is 5.06. The molecule has 0 aliphatic rings. The first kappa shape index (κ1) is 11.7. The first-order valence-corrected chi connectivity index (χ1v) is 11.0. The molecular formula is C7H20OSSi2. The van der Waals surface area contributed by atoms with E-state index in [9.17, 15) is 0 Å². The molecule has 68 valence electrons. The van der Waals surface area contributed by atoms with Crippen molar-refractivity contribution in [2.24, 2.45) is 0 Å². The predicted molar refractivity (Wildman–Crippen MR) is 60.4 cm³/mol. The van der Waals surface area contributed by atoms with Gasteiger partial charge in [-0.25, -0.2) is 0 Å². The highest BCUT2D eigenvalue weighted by Gasteiger charge is 2.30. The number of hydrogen-bond acceptors (Lipinski definition) is 2. The summed E-state index contributed by atoms with van der Waals surface area (Å²) in [7, 11) is -2.73. The second-order valence-electron chi connectivity index (χ2n) is 4.13. The molecule has 0 bridgehead atoms. The van der Waals surface area contributed by atoms with Crippen molar-refractivity contribution in [3.05, 3.63) is 0 Å². The molecular weight excluding hydrogens is 188 g/mol. The summed E-state index contributed by atoms with van der Waals surface area (Å²) >= 11 is 4.31. The first-order valence-electron chi connectivity index (χ1n) is 4.14. The van der Waals surface area contributed by atoms with E-state index in [1.165, 1.54) is 6.04 Å². The molecule has 0 aromatic heterocycles. The molecule has 0 fully saturated rings. The standard InChI is InChI=1S/C7H20OSSi2/c1-6-10(2,3)8-11(4,5)7-9/h9H,6-7H2,1-5H3. The molecule has 0 heterocycles. The minimum atomic E-state index is -1.41. The second kappa shape index (κ2) is 4.12. The maximum absolute atomic E-state index is 6.12. The van der Waals surface area contributed by atoms with E-state index in [0.29, 0.717) is 0 Å². The molecule has 0 N–H and O–H groups in total. The summed E-state index contributed by atoms with van der Waals surface area (Å²) in [5, 5.41) is 0.934. The van der Waals surface area contributed by atoms with Gasteiger partial charge in [0, 0.05) is 5.38 Å². The zero-order chi connectivity index (χ0) is 9.12. The van der Waals surface area contributed by atoms with Gasteiger partial charge in [-0.2, -0.15) is 12.6 Å². The van der Waals surface area contributed by atoms with E-state index < -0.39 is 16.6 Å². The van der Waals surface area contributed by atoms with Crippen molar-refractivity contribution < 1.29 is 4.12 Å². The lowest BCUT2D eigenvalue weighted by Gasteiger charge is -2.32. The maximum atomic E-state index is 6.12. The van der Waals surface area contributed by atoms with Crippen molar-refractivity contribution in [3.63, 3.8) is 0 Å². The molecule has 0 aliphatic heterocycles. The van der Waals surface area contributed by atoms with Crippen molar-refractivity contribution in [1.29, 1.82) is 0 Å². The van der Waals surface area contributed by atoms with Crippen LogP contribution in [0.3, 0.4) is 0 Å². The Hall–Kier alpha value is 0.744. The van der Waals surface area contributed by atoms with Gasteiger partial charge in [-0.05, 0) is 32.2 Å². The van der Waals surface area contributed by atoms with E-state index in [-0.39, 0.29) is 0 Å². The lowest BCUT2D eigenvalue weighted by molar-refractivity contribution is 0.549. The van der Waals surface area contributed by atoms with E-state index in [2.05, 4.69) is 45.7 Å². The fraction of sp³-hybridized carbons (Fsp3) is 1.00. The molecule has 0 amide bonds. The molecule has 0 spiro atoms. The molecule has 0 saturated heterocycles. The molecule has 0 aromatic rings. The third-order valence-electron chi connectivity index (χ3n) is 1.78. The molecule has 0 unspecified atom stereocenters. The Balaban J connectivity index is 4.02. The summed E-state index contributed by atoms with van der Waals surface area (Å²) in [6.45, 7) is 11.3. The summed E-state index contributed by atoms with van der Waals surface area (Å²) in [6.07, 6.45) is 0. The Bertz CT molecular complexity index is 112. The fourth-order valence-corrected chi connectivity index (χ4v) is 8.25. The summed E-state index contributed by atoms with van der Waals surface area (Å²) in [5.41, 5.74) is 0. The Morgan fingerprint density at radius 3 is 1.82 bits per heavy atom. The average molecular weight is 208 g/mol. The Labute approximate surface area is 78.2 Å². The van der Waals surface area contributed by atoms with Crippen LogP contribution < -0.4 is 0 Å². The zero-order valence-corrected chi connectivity index (χ0v) is 11.2. The lowest BCUT2D eigenvalue weighted by atomic mass is 11.0. The fourth-order valence-electron chi connectivity index (χ4n) is 0.852. The minimum Gasteiger partial charge on any atom is -0.455 e. The molecule has 4 heteroatoms. The molecule has 0 saturated carbocycles. The van der Waals surface area contributed by atoms with Crippen LogP contribution in [0.25, 0.3) is 0 Å². The summed E-state index contributed by atoms with van der Waals surface area (Å²) in [4.78, 5) is 0. The summed E-state index contributed by atoms with van der Waals surface area (Å²) < 4.78 is 6.12. The van der Waals surface area contributed by atoms with Crippen LogP contribution in [-0.4, -0.2) is 22.0 Å². The van der Waals surface area contributed by atoms with Gasteiger partial charge in [0.15, 0.2) is 16.6 Å². The van der Waals surface area contributed by atoms with E-state index in [0.717, 1.165) is 5.38 Å². The average Bonchev–Trinajstić information content (AvgIpc) is 1.86. The van der Waals surface area contributed by atoms with Crippen molar-refractivity contribution in [2.45, 2.75) is 39.2 Å². The van der Waals surface area contributed by atoms with E-state index >= 15 is 0 Å². The zero-order valence-electron chi connectivity index (χ0n) is 8.27. The summed E-state index contributed by atoms with van der Waals surface area (Å²) in [6, 6.07) is 1.21. The van der Waals surface area contributed by atoms with E-state index in [1.54, 1.807) is 0 Å². The van der Waals surface area contributed by atoms with Gasteiger partial charge in [0.25, 0.3) is 0 Å². The van der Waals surface area contributed by atoms with E-state index in [4.69, 9.17) is 4.12 Å². The Morgan fingerprint density at radius 1 is 1.09 bits per heavy atom. The third-order valence-corrected chi connectivity index (χ3v) is 11.0. The number of thiol groups is 1. The molecule has 0 atom stereocenters. The summed E-state index contributed by atoms with van der Waals surface area (Å²) in [5.74, 6) is 0. The van der Waals surface area contributed by atoms with E-state index in [1.807, 2.05) is 0 Å². The van der Waals surface area contributed by atoms with Gasteiger partial charge in [-0.3, -0.25) is 0 Å². The van der Waals surface area contributed by atoms with Crippen LogP contribution >= 0.6 is 12.6 Å². The number of hydrogen-bond donors (Lipinski definition) is 1. The first-order chi connectivity index (χ1) is 4.83. The van der Waals surface area contributed by atoms with Gasteiger partial charge in [-0.1, -0.05) is 6.92 Å². The molecule has 0 radical (unpaired) electrons. The normalized spacial score (nSPS) is 13.6. The van der Waals surface area contributed by atoms with Crippen molar-refractivity contribution in [1.82, 2.24) is 0 Å². The van der Waals surface area contributed by atoms with Crippen molar-refractivity contribution in [3.8, 4) is 0 Å². The molecule has 0 aromatic carbocycles. The quantitative estimate of drug-likeness (QED) is 0.552. The molecule has 0 aliphatic carbocycles. The van der Waals surface area contributed by atoms with Gasteiger partial charge in [0.2, 0.25) is 0 Å². The predicted octanol–water partition coefficient (Wildman–Crippen LogP) is 2.90. The second-order valence-corrected chi connectivity index (χ2v) is 14.0. The van der Waals surface area contributed by atoms with Crippen molar-refractivity contribution in [2.75, 3.05) is 5.38 Å². The molecule has 0 rings (SSSR count). The highest BCUT2D eigenvalue weighted by molar-refractivity contribution is 7.82. The molecule has 11 heavy (non-hydrogen) atoms. The van der Waals surface area contributed by atoms with Crippen LogP contribution in [-0.2, 0) is 4.12 Å². The van der Waals surface area contributed by atoms with Gasteiger partial charge in [-0.15, -0.1) is 0 Å². The highest BCUT2D eigenvalue weighted by Crippen LogP contribution is 2.18. The van der Waals surface area contributed by atoms with Crippen LogP contribution in [0.15, 0.2) is 0 Å². The lowest BCUT2D eigenvalue weighted by Crippen LogP contribution is -2.45. The van der Waals surface area contributed by atoms with Crippen LogP contribution in [0.5, 0.6) is 0 Å². The van der Waals surface area contributed by atoms with Gasteiger partial charge in [0.05, 0.1) is 0 Å². The van der Waals surface area contributed by atoms with Gasteiger partial charge < -0.3 is 4.12 Å². The Kier molecular flexibility index (Phi) is 4.39.